The summed E-state index contributed by atoms with van der Waals surface area (Å²) >= 11 is 4.14. The number of hydrogen-bond donors (Lipinski definition) is 1. The van der Waals surface area contributed by atoms with Crippen LogP contribution in [-0.4, -0.2) is 4.98 Å². The lowest BCUT2D eigenvalue weighted by molar-refractivity contribution is 1.10. The zero-order chi connectivity index (χ0) is 8.85. The third-order valence-electron chi connectivity index (χ3n) is 1.33. The summed E-state index contributed by atoms with van der Waals surface area (Å²) in [6, 6.07) is 2.01. The smallest absolute Gasteiger partial charge is 0.0404 e. The number of aryl methyl sites for hydroxylation is 2. The summed E-state index contributed by atoms with van der Waals surface area (Å²) in [5.41, 5.74) is 2.27. The molecule has 0 fully saturated rings. The van der Waals surface area contributed by atoms with Crippen molar-refractivity contribution in [2.24, 2.45) is 0 Å². The molecule has 0 saturated carbocycles. The Kier molecular flexibility index (Phi) is 4.95. The molecule has 0 aromatic carbocycles. The number of thiol groups is 1. The van der Waals surface area contributed by atoms with Gasteiger partial charge in [-0.05, 0) is 25.5 Å². The van der Waals surface area contributed by atoms with Gasteiger partial charge in [0.2, 0.25) is 0 Å². The van der Waals surface area contributed by atoms with Crippen LogP contribution in [0.1, 0.15) is 25.1 Å². The fraction of sp³-hybridized carbons (Fsp3) is 0.444. The highest BCUT2D eigenvalue weighted by Gasteiger charge is 1.91. The van der Waals surface area contributed by atoms with E-state index in [0.717, 1.165) is 10.6 Å². The molecule has 1 nitrogen and oxygen atoms in total. The quantitative estimate of drug-likeness (QED) is 0.589. The molecule has 1 aromatic heterocycles. The third-order valence-corrected chi connectivity index (χ3v) is 1.57. The summed E-state index contributed by atoms with van der Waals surface area (Å²) in [5, 5.41) is 0. The summed E-state index contributed by atoms with van der Waals surface area (Å²) in [7, 11) is 0. The molecule has 0 saturated heterocycles. The average Bonchev–Trinajstić information content (AvgIpc) is 2.02. The van der Waals surface area contributed by atoms with Crippen LogP contribution < -0.4 is 0 Å². The van der Waals surface area contributed by atoms with Gasteiger partial charge >= 0.3 is 0 Å². The molecule has 0 spiro atoms. The van der Waals surface area contributed by atoms with Crippen molar-refractivity contribution in [2.45, 2.75) is 32.6 Å². The van der Waals surface area contributed by atoms with Gasteiger partial charge in [-0.3, -0.25) is 4.98 Å². The monoisotopic (exact) mass is 169 g/mol. The molecule has 0 bridgehead atoms. The molecule has 1 heterocycles. The molecule has 0 aliphatic carbocycles. The van der Waals surface area contributed by atoms with E-state index in [1.807, 2.05) is 33.8 Å². The van der Waals surface area contributed by atoms with Crippen molar-refractivity contribution >= 4 is 12.6 Å². The van der Waals surface area contributed by atoms with Crippen LogP contribution in [0, 0.1) is 13.8 Å². The Bertz CT molecular complexity index is 221. The maximum atomic E-state index is 4.14. The standard InChI is InChI=1S/C7H9NS.C2H6/c1-5-3-7(9)4-8-6(5)2;1-2/h3-4,9H,1-2H3;1-2H3. The molecule has 62 valence electrons. The van der Waals surface area contributed by atoms with E-state index < -0.39 is 0 Å². The maximum Gasteiger partial charge on any atom is 0.0404 e. The van der Waals surface area contributed by atoms with Gasteiger partial charge in [-0.1, -0.05) is 13.8 Å². The van der Waals surface area contributed by atoms with Crippen LogP contribution in [0.5, 0.6) is 0 Å². The van der Waals surface area contributed by atoms with Gasteiger partial charge in [-0.2, -0.15) is 0 Å². The molecule has 0 aliphatic heterocycles. The lowest BCUT2D eigenvalue weighted by Gasteiger charge is -1.96. The molecule has 1 aromatic rings. The SMILES string of the molecule is CC.Cc1cc(S)cnc1C. The molecular weight excluding hydrogens is 154 g/mol. The Morgan fingerprint density at radius 1 is 1.27 bits per heavy atom. The second kappa shape index (κ2) is 5.19. The second-order valence-electron chi connectivity index (χ2n) is 2.10. The van der Waals surface area contributed by atoms with Crippen molar-refractivity contribution in [1.29, 1.82) is 0 Å². The molecule has 0 amide bonds. The van der Waals surface area contributed by atoms with Gasteiger partial charge in [0.15, 0.2) is 0 Å². The zero-order valence-corrected chi connectivity index (χ0v) is 8.44. The first-order valence-electron chi connectivity index (χ1n) is 3.82. The van der Waals surface area contributed by atoms with Gasteiger partial charge in [0.1, 0.15) is 0 Å². The highest BCUT2D eigenvalue weighted by molar-refractivity contribution is 7.80. The van der Waals surface area contributed by atoms with Gasteiger partial charge in [-0.15, -0.1) is 12.6 Å². The highest BCUT2D eigenvalue weighted by Crippen LogP contribution is 2.08. The van der Waals surface area contributed by atoms with Crippen LogP contribution in [0.3, 0.4) is 0 Å². The van der Waals surface area contributed by atoms with Gasteiger partial charge in [0.25, 0.3) is 0 Å². The fourth-order valence-corrected chi connectivity index (χ4v) is 0.880. The van der Waals surface area contributed by atoms with E-state index in [1.165, 1.54) is 5.56 Å². The number of pyridine rings is 1. The Morgan fingerprint density at radius 3 is 2.18 bits per heavy atom. The topological polar surface area (TPSA) is 12.9 Å². The van der Waals surface area contributed by atoms with E-state index in [-0.39, 0.29) is 0 Å². The molecule has 2 heteroatoms. The molecule has 0 unspecified atom stereocenters. The zero-order valence-electron chi connectivity index (χ0n) is 7.55. The van der Waals surface area contributed by atoms with Crippen molar-refractivity contribution in [1.82, 2.24) is 4.98 Å². The molecule has 11 heavy (non-hydrogen) atoms. The third kappa shape index (κ3) is 3.42. The van der Waals surface area contributed by atoms with Crippen LogP contribution in [0.15, 0.2) is 17.2 Å². The number of hydrogen-bond acceptors (Lipinski definition) is 2. The van der Waals surface area contributed by atoms with E-state index in [9.17, 15) is 0 Å². The summed E-state index contributed by atoms with van der Waals surface area (Å²) in [6.45, 7) is 8.02. The maximum absolute atomic E-state index is 4.14. The minimum absolute atomic E-state index is 0.929. The van der Waals surface area contributed by atoms with Gasteiger partial charge in [0.05, 0.1) is 0 Å². The van der Waals surface area contributed by atoms with Crippen LogP contribution >= 0.6 is 12.6 Å². The molecule has 0 radical (unpaired) electrons. The predicted molar refractivity (Wildman–Crippen MR) is 52.3 cm³/mol. The average molecular weight is 169 g/mol. The molecule has 0 aliphatic rings. The lowest BCUT2D eigenvalue weighted by atomic mass is 10.2. The van der Waals surface area contributed by atoms with Crippen molar-refractivity contribution in [3.63, 3.8) is 0 Å². The van der Waals surface area contributed by atoms with E-state index in [4.69, 9.17) is 0 Å². The molecular formula is C9H15NS. The molecule has 0 atom stereocenters. The van der Waals surface area contributed by atoms with E-state index >= 15 is 0 Å². The van der Waals surface area contributed by atoms with Crippen molar-refractivity contribution in [3.8, 4) is 0 Å². The Hall–Kier alpha value is -0.500. The minimum Gasteiger partial charge on any atom is -0.260 e. The van der Waals surface area contributed by atoms with Crippen molar-refractivity contribution in [2.75, 3.05) is 0 Å². The van der Waals surface area contributed by atoms with Crippen LogP contribution in [0.4, 0.5) is 0 Å². The number of rotatable bonds is 0. The van der Waals surface area contributed by atoms with Crippen LogP contribution in [0.2, 0.25) is 0 Å². The normalized spacial score (nSPS) is 8.45. The summed E-state index contributed by atoms with van der Waals surface area (Å²) < 4.78 is 0. The van der Waals surface area contributed by atoms with E-state index in [2.05, 4.69) is 17.6 Å². The first kappa shape index (κ1) is 10.5. The van der Waals surface area contributed by atoms with E-state index in [1.54, 1.807) is 6.20 Å². The lowest BCUT2D eigenvalue weighted by Crippen LogP contribution is -1.84. The van der Waals surface area contributed by atoms with Crippen LogP contribution in [-0.2, 0) is 0 Å². The minimum atomic E-state index is 0.929. The van der Waals surface area contributed by atoms with Gasteiger partial charge < -0.3 is 0 Å². The first-order valence-corrected chi connectivity index (χ1v) is 4.27. The highest BCUT2D eigenvalue weighted by atomic mass is 32.1. The summed E-state index contributed by atoms with van der Waals surface area (Å²) in [5.74, 6) is 0. The van der Waals surface area contributed by atoms with Gasteiger partial charge in [0, 0.05) is 16.8 Å². The van der Waals surface area contributed by atoms with Crippen LogP contribution in [0.25, 0.3) is 0 Å². The Labute approximate surface area is 74.3 Å². The fourth-order valence-electron chi connectivity index (χ4n) is 0.628. The number of aromatic nitrogens is 1. The Balaban J connectivity index is 0.000000461. The first-order chi connectivity index (χ1) is 5.20. The summed E-state index contributed by atoms with van der Waals surface area (Å²) in [4.78, 5) is 5.03. The second-order valence-corrected chi connectivity index (χ2v) is 2.61. The largest absolute Gasteiger partial charge is 0.260 e. The van der Waals surface area contributed by atoms with Crippen molar-refractivity contribution in [3.05, 3.63) is 23.5 Å². The Morgan fingerprint density at radius 2 is 1.82 bits per heavy atom. The van der Waals surface area contributed by atoms with E-state index in [0.29, 0.717) is 0 Å². The molecule has 0 N–H and O–H groups in total. The molecule has 1 rings (SSSR count). The predicted octanol–water partition coefficient (Wildman–Crippen LogP) is 3.01. The number of nitrogens with zero attached hydrogens (tertiary/aromatic N) is 1. The van der Waals surface area contributed by atoms with Crippen molar-refractivity contribution < 1.29 is 0 Å². The summed E-state index contributed by atoms with van der Waals surface area (Å²) in [6.07, 6.45) is 1.76. The van der Waals surface area contributed by atoms with Gasteiger partial charge in [-0.25, -0.2) is 0 Å².